The lowest BCUT2D eigenvalue weighted by Gasteiger charge is -2.08. The second kappa shape index (κ2) is 5.26. The standard InChI is InChI=1S/C21H21N/c1-14-12-15(18-7-3-2-6-17(14)18)10-11-16-13-21(22)20-9-5-4-8-19(16)20/h2-9,12-14,21H,10-11,22H2,1H3. The quantitative estimate of drug-likeness (QED) is 0.838. The molecule has 0 aliphatic heterocycles. The third-order valence-electron chi connectivity index (χ3n) is 4.96. The van der Waals surface area contributed by atoms with E-state index in [4.69, 9.17) is 5.73 Å². The molecule has 2 aliphatic carbocycles. The van der Waals surface area contributed by atoms with Crippen molar-refractivity contribution in [2.45, 2.75) is 31.7 Å². The minimum absolute atomic E-state index is 0.0648. The molecule has 4 rings (SSSR count). The van der Waals surface area contributed by atoms with Crippen LogP contribution in [0, 0.1) is 0 Å². The zero-order valence-electron chi connectivity index (χ0n) is 12.9. The van der Waals surface area contributed by atoms with Crippen molar-refractivity contribution in [2.24, 2.45) is 5.73 Å². The third kappa shape index (κ3) is 2.13. The molecule has 2 aromatic rings. The zero-order chi connectivity index (χ0) is 15.1. The van der Waals surface area contributed by atoms with Crippen molar-refractivity contribution in [1.82, 2.24) is 0 Å². The highest BCUT2D eigenvalue weighted by Gasteiger charge is 2.22. The summed E-state index contributed by atoms with van der Waals surface area (Å²) in [5.41, 5.74) is 14.6. The van der Waals surface area contributed by atoms with Crippen LogP contribution in [0.2, 0.25) is 0 Å². The highest BCUT2D eigenvalue weighted by Crippen LogP contribution is 2.41. The number of fused-ring (bicyclic) bond motifs is 2. The summed E-state index contributed by atoms with van der Waals surface area (Å²) in [6.07, 6.45) is 6.81. The van der Waals surface area contributed by atoms with Crippen LogP contribution in [0.4, 0.5) is 0 Å². The molecule has 2 aromatic carbocycles. The van der Waals surface area contributed by atoms with Crippen molar-refractivity contribution in [3.8, 4) is 0 Å². The fourth-order valence-electron chi connectivity index (χ4n) is 3.85. The van der Waals surface area contributed by atoms with Gasteiger partial charge in [0.1, 0.15) is 0 Å². The zero-order valence-corrected chi connectivity index (χ0v) is 12.9. The number of hydrogen-bond donors (Lipinski definition) is 1. The van der Waals surface area contributed by atoms with Crippen LogP contribution in [-0.2, 0) is 0 Å². The van der Waals surface area contributed by atoms with Gasteiger partial charge in [0.2, 0.25) is 0 Å². The lowest BCUT2D eigenvalue weighted by atomic mass is 9.96. The van der Waals surface area contributed by atoms with Crippen LogP contribution >= 0.6 is 0 Å². The first-order chi connectivity index (χ1) is 10.7. The van der Waals surface area contributed by atoms with Crippen LogP contribution in [0.5, 0.6) is 0 Å². The van der Waals surface area contributed by atoms with Crippen LogP contribution in [-0.4, -0.2) is 0 Å². The van der Waals surface area contributed by atoms with Crippen molar-refractivity contribution < 1.29 is 0 Å². The Morgan fingerprint density at radius 1 is 0.773 bits per heavy atom. The maximum absolute atomic E-state index is 6.23. The molecule has 1 nitrogen and oxygen atoms in total. The van der Waals surface area contributed by atoms with E-state index in [2.05, 4.69) is 67.6 Å². The number of benzene rings is 2. The summed E-state index contributed by atoms with van der Waals surface area (Å²) in [6, 6.07) is 17.4. The molecular formula is C21H21N. The summed E-state index contributed by atoms with van der Waals surface area (Å²) in [5.74, 6) is 0.540. The van der Waals surface area contributed by atoms with Gasteiger partial charge in [0.15, 0.2) is 0 Å². The molecule has 0 amide bonds. The van der Waals surface area contributed by atoms with E-state index < -0.39 is 0 Å². The second-order valence-corrected chi connectivity index (χ2v) is 6.37. The Labute approximate surface area is 132 Å². The predicted molar refractivity (Wildman–Crippen MR) is 93.4 cm³/mol. The Hall–Kier alpha value is -2.12. The van der Waals surface area contributed by atoms with E-state index >= 15 is 0 Å². The van der Waals surface area contributed by atoms with Gasteiger partial charge in [-0.2, -0.15) is 0 Å². The molecule has 2 unspecified atom stereocenters. The van der Waals surface area contributed by atoms with Crippen LogP contribution in [0.1, 0.15) is 54.0 Å². The minimum atomic E-state index is 0.0648. The molecule has 0 aromatic heterocycles. The molecule has 0 fully saturated rings. The first-order valence-corrected chi connectivity index (χ1v) is 8.09. The van der Waals surface area contributed by atoms with Crippen molar-refractivity contribution in [3.05, 3.63) is 82.9 Å². The van der Waals surface area contributed by atoms with Crippen LogP contribution in [0.25, 0.3) is 11.1 Å². The minimum Gasteiger partial charge on any atom is -0.321 e. The Morgan fingerprint density at radius 2 is 1.32 bits per heavy atom. The lowest BCUT2D eigenvalue weighted by molar-refractivity contribution is 0.930. The normalized spacial score (nSPS) is 22.1. The monoisotopic (exact) mass is 287 g/mol. The summed E-state index contributed by atoms with van der Waals surface area (Å²) in [7, 11) is 0. The number of nitrogens with two attached hydrogens (primary N) is 1. The molecule has 2 aliphatic rings. The Kier molecular flexibility index (Phi) is 3.24. The van der Waals surface area contributed by atoms with E-state index in [1.54, 1.807) is 0 Å². The van der Waals surface area contributed by atoms with E-state index in [9.17, 15) is 0 Å². The van der Waals surface area contributed by atoms with Crippen molar-refractivity contribution in [2.75, 3.05) is 0 Å². The van der Waals surface area contributed by atoms with E-state index in [-0.39, 0.29) is 6.04 Å². The van der Waals surface area contributed by atoms with E-state index in [1.807, 2.05) is 0 Å². The summed E-state index contributed by atoms with van der Waals surface area (Å²) in [6.45, 7) is 2.28. The van der Waals surface area contributed by atoms with Crippen molar-refractivity contribution in [3.63, 3.8) is 0 Å². The lowest BCUT2D eigenvalue weighted by Crippen LogP contribution is -2.03. The van der Waals surface area contributed by atoms with Gasteiger partial charge >= 0.3 is 0 Å². The summed E-state index contributed by atoms with van der Waals surface area (Å²) < 4.78 is 0. The van der Waals surface area contributed by atoms with Gasteiger partial charge in [-0.1, -0.05) is 67.6 Å². The van der Waals surface area contributed by atoms with E-state index in [0.29, 0.717) is 5.92 Å². The first-order valence-electron chi connectivity index (χ1n) is 8.09. The first kappa shape index (κ1) is 13.5. The molecule has 0 saturated carbocycles. The molecule has 1 heteroatoms. The Balaban J connectivity index is 1.56. The molecule has 0 spiro atoms. The van der Waals surface area contributed by atoms with E-state index in [1.165, 1.54) is 33.4 Å². The molecule has 0 heterocycles. The third-order valence-corrected chi connectivity index (χ3v) is 4.96. The number of allylic oxidation sites excluding steroid dienone is 3. The smallest absolute Gasteiger partial charge is 0.0493 e. The average molecular weight is 287 g/mol. The highest BCUT2D eigenvalue weighted by atomic mass is 14.6. The van der Waals surface area contributed by atoms with Gasteiger partial charge in [0.05, 0.1) is 0 Å². The van der Waals surface area contributed by atoms with Crippen LogP contribution < -0.4 is 5.73 Å². The van der Waals surface area contributed by atoms with Crippen LogP contribution in [0.15, 0.2) is 60.7 Å². The van der Waals surface area contributed by atoms with Crippen LogP contribution in [0.3, 0.4) is 0 Å². The highest BCUT2D eigenvalue weighted by molar-refractivity contribution is 5.79. The maximum Gasteiger partial charge on any atom is 0.0493 e. The number of hydrogen-bond acceptors (Lipinski definition) is 1. The Morgan fingerprint density at radius 3 is 2.05 bits per heavy atom. The van der Waals surface area contributed by atoms with Gasteiger partial charge in [-0.05, 0) is 46.2 Å². The molecule has 0 radical (unpaired) electrons. The summed E-state index contributed by atoms with van der Waals surface area (Å²) in [4.78, 5) is 0. The van der Waals surface area contributed by atoms with Gasteiger partial charge < -0.3 is 5.73 Å². The molecule has 0 saturated heterocycles. The maximum atomic E-state index is 6.23. The molecule has 0 bridgehead atoms. The average Bonchev–Trinajstić information content (AvgIpc) is 3.04. The molecule has 110 valence electrons. The molecule has 2 N–H and O–H groups in total. The topological polar surface area (TPSA) is 26.0 Å². The van der Waals surface area contributed by atoms with Gasteiger partial charge in [-0.25, -0.2) is 0 Å². The van der Waals surface area contributed by atoms with Gasteiger partial charge in [0, 0.05) is 12.0 Å². The number of rotatable bonds is 3. The fraction of sp³-hybridized carbons (Fsp3) is 0.238. The molecule has 2 atom stereocenters. The van der Waals surface area contributed by atoms with Gasteiger partial charge in [0.25, 0.3) is 0 Å². The summed E-state index contributed by atoms with van der Waals surface area (Å²) in [5, 5.41) is 0. The predicted octanol–water partition coefficient (Wildman–Crippen LogP) is 5.06. The van der Waals surface area contributed by atoms with Crippen molar-refractivity contribution >= 4 is 11.1 Å². The molecule has 22 heavy (non-hydrogen) atoms. The van der Waals surface area contributed by atoms with Gasteiger partial charge in [-0.15, -0.1) is 0 Å². The van der Waals surface area contributed by atoms with Crippen molar-refractivity contribution in [1.29, 1.82) is 0 Å². The largest absolute Gasteiger partial charge is 0.321 e. The van der Waals surface area contributed by atoms with Gasteiger partial charge in [-0.3, -0.25) is 0 Å². The Bertz CT molecular complexity index is 714. The molecular weight excluding hydrogens is 266 g/mol. The summed E-state index contributed by atoms with van der Waals surface area (Å²) >= 11 is 0. The van der Waals surface area contributed by atoms with E-state index in [0.717, 1.165) is 12.8 Å². The SMILES string of the molecule is CC1C=C(CCC2=CC(N)c3ccccc32)c2ccccc21. The fourth-order valence-corrected chi connectivity index (χ4v) is 3.85. The second-order valence-electron chi connectivity index (χ2n) is 6.37.